The van der Waals surface area contributed by atoms with Crippen molar-refractivity contribution in [1.29, 1.82) is 0 Å². The molecule has 2 bridgehead atoms. The topological polar surface area (TPSA) is 203 Å². The van der Waals surface area contributed by atoms with Gasteiger partial charge < -0.3 is 35.8 Å². The van der Waals surface area contributed by atoms with Crippen molar-refractivity contribution >= 4 is 29.6 Å². The molecule has 316 valence electrons. The molecule has 3 aliphatic rings. The maximum Gasteiger partial charge on any atom is 0.490 e. The Hall–Kier alpha value is -5.52. The summed E-state index contributed by atoms with van der Waals surface area (Å²) in [4.78, 5) is 68.6. The van der Waals surface area contributed by atoms with Gasteiger partial charge in [0, 0.05) is 19.4 Å². The molecule has 6 rings (SSSR count). The van der Waals surface area contributed by atoms with Crippen molar-refractivity contribution in [3.8, 4) is 5.75 Å². The van der Waals surface area contributed by atoms with Crippen LogP contribution in [0.25, 0.3) is 0 Å². The molecule has 5 atom stereocenters. The van der Waals surface area contributed by atoms with Gasteiger partial charge in [-0.25, -0.2) is 14.5 Å². The molecule has 0 radical (unpaired) electrons. The van der Waals surface area contributed by atoms with E-state index in [0.717, 1.165) is 17.5 Å². The maximum atomic E-state index is 14.2. The van der Waals surface area contributed by atoms with Crippen LogP contribution in [0.2, 0.25) is 0 Å². The Morgan fingerprint density at radius 1 is 0.983 bits per heavy atom. The average Bonchev–Trinajstić information content (AvgIpc) is 3.82. The molecule has 0 saturated carbocycles. The molecule has 15 nitrogen and oxygen atoms in total. The average molecular weight is 816 g/mol. The van der Waals surface area contributed by atoms with Gasteiger partial charge in [-0.2, -0.15) is 18.3 Å². The number of aryl methyl sites for hydroxylation is 1. The first-order chi connectivity index (χ1) is 27.4. The SMILES string of the molecule is Cc1nc2n(n1)CC(=O)N[C@@H](CC(C)C)COc1ccc(cc1)C[C@H](NC(=O)[C@H]1CCCO1)C(=O)N[C@@H](Cc1ccccc1)C(=O)N[C@H]2C(C)C.O=C(O)C(F)(F)F. The Morgan fingerprint density at radius 3 is 2.24 bits per heavy atom. The van der Waals surface area contributed by atoms with E-state index in [1.165, 1.54) is 4.68 Å². The number of hydrogen-bond acceptors (Lipinski definition) is 9. The van der Waals surface area contributed by atoms with Crippen LogP contribution >= 0.6 is 0 Å². The molecule has 18 heteroatoms. The van der Waals surface area contributed by atoms with Crippen molar-refractivity contribution in [2.24, 2.45) is 11.8 Å². The molecule has 0 aliphatic carbocycles. The van der Waals surface area contributed by atoms with Gasteiger partial charge in [0.1, 0.15) is 42.9 Å². The number of carbonyl (C=O) groups is 5. The summed E-state index contributed by atoms with van der Waals surface area (Å²) >= 11 is 0. The zero-order chi connectivity index (χ0) is 42.6. The third kappa shape index (κ3) is 13.8. The van der Waals surface area contributed by atoms with Gasteiger partial charge in [-0.3, -0.25) is 19.2 Å². The molecule has 58 heavy (non-hydrogen) atoms. The van der Waals surface area contributed by atoms with E-state index in [1.807, 2.05) is 56.3 Å². The van der Waals surface area contributed by atoms with Gasteiger partial charge in [-0.1, -0.05) is 70.2 Å². The lowest BCUT2D eigenvalue weighted by Crippen LogP contribution is -2.56. The highest BCUT2D eigenvalue weighted by molar-refractivity contribution is 5.93. The summed E-state index contributed by atoms with van der Waals surface area (Å²) in [6, 6.07) is 13.8. The second-order valence-electron chi connectivity index (χ2n) is 15.1. The normalized spacial score (nSPS) is 22.1. The number of nitrogens with one attached hydrogen (secondary N) is 4. The maximum absolute atomic E-state index is 14.2. The number of rotatable bonds is 7. The summed E-state index contributed by atoms with van der Waals surface area (Å²) < 4.78 is 45.0. The van der Waals surface area contributed by atoms with Crippen LogP contribution < -0.4 is 26.0 Å². The minimum Gasteiger partial charge on any atom is -0.491 e. The van der Waals surface area contributed by atoms with E-state index in [1.54, 1.807) is 19.1 Å². The first kappa shape index (κ1) is 45.2. The number of fused-ring (bicyclic) bond motifs is 14. The molecule has 2 aromatic carbocycles. The Labute approximate surface area is 334 Å². The fraction of sp³-hybridized carbons (Fsp3) is 0.525. The standard InChI is InChI=1S/C38H51N7O6.C2HF3O2/c1-23(2)18-28-22-51-29-15-13-27(14-16-29)20-30(42-38(49)32-12-9-17-50-32)36(47)41-31(19-26-10-7-6-8-11-26)37(48)43-34(24(3)4)35-39-25(5)44-45(35)21-33(46)40-28;3-2(4,5)1(6)7/h6-8,10-11,13-16,23-24,28,30-32,34H,9,12,17-22H2,1-5H3,(H,40,46)(H,41,47)(H,42,49)(H,43,48);(H,6,7)/t28-,30-,31-,32+,34-;/m0./s1. The number of nitrogens with zero attached hydrogens (tertiary/aromatic N) is 3. The van der Waals surface area contributed by atoms with Crippen molar-refractivity contribution in [3.63, 3.8) is 0 Å². The Balaban J connectivity index is 0.000000973. The van der Waals surface area contributed by atoms with Gasteiger partial charge in [0.25, 0.3) is 0 Å². The highest BCUT2D eigenvalue weighted by Gasteiger charge is 2.38. The number of carboxylic acids is 1. The molecular weight excluding hydrogens is 763 g/mol. The molecule has 1 aromatic heterocycles. The van der Waals surface area contributed by atoms with E-state index in [4.69, 9.17) is 19.4 Å². The van der Waals surface area contributed by atoms with E-state index >= 15 is 0 Å². The predicted octanol–water partition coefficient (Wildman–Crippen LogP) is 3.59. The zero-order valence-electron chi connectivity index (χ0n) is 33.2. The summed E-state index contributed by atoms with van der Waals surface area (Å²) in [6.45, 7) is 10.4. The van der Waals surface area contributed by atoms with E-state index in [9.17, 15) is 32.3 Å². The third-order valence-electron chi connectivity index (χ3n) is 9.29. The van der Waals surface area contributed by atoms with Crippen molar-refractivity contribution < 1.29 is 51.7 Å². The lowest BCUT2D eigenvalue weighted by atomic mass is 10.00. The number of ether oxygens (including phenoxy) is 2. The second kappa shape index (κ2) is 20.8. The van der Waals surface area contributed by atoms with Gasteiger partial charge in [-0.05, 0) is 61.3 Å². The van der Waals surface area contributed by atoms with Crippen molar-refractivity contribution in [3.05, 3.63) is 77.4 Å². The summed E-state index contributed by atoms with van der Waals surface area (Å²) in [5, 5.41) is 23.7. The number of hydrogen-bond donors (Lipinski definition) is 5. The fourth-order valence-corrected chi connectivity index (χ4v) is 6.49. The quantitative estimate of drug-likeness (QED) is 0.235. The van der Waals surface area contributed by atoms with Crippen LogP contribution in [0.3, 0.4) is 0 Å². The van der Waals surface area contributed by atoms with Crippen molar-refractivity contribution in [2.75, 3.05) is 13.2 Å². The number of carbonyl (C=O) groups excluding carboxylic acids is 4. The number of alkyl halides is 3. The summed E-state index contributed by atoms with van der Waals surface area (Å²) in [5.74, 6) is -2.65. The third-order valence-corrected chi connectivity index (χ3v) is 9.29. The molecule has 3 aliphatic heterocycles. The van der Waals surface area contributed by atoms with Crippen LogP contribution in [0.4, 0.5) is 13.2 Å². The molecule has 1 saturated heterocycles. The number of carboxylic acid groups (broad SMARTS) is 1. The van der Waals surface area contributed by atoms with Gasteiger partial charge in [0.05, 0.1) is 12.1 Å². The van der Waals surface area contributed by atoms with Crippen LogP contribution in [-0.4, -0.2) is 93.1 Å². The van der Waals surface area contributed by atoms with Crippen molar-refractivity contribution in [1.82, 2.24) is 36.0 Å². The molecule has 1 fully saturated rings. The van der Waals surface area contributed by atoms with E-state index in [2.05, 4.69) is 45.2 Å². The largest absolute Gasteiger partial charge is 0.491 e. The number of aliphatic carboxylic acids is 1. The number of amides is 4. The molecule has 0 unspecified atom stereocenters. The molecule has 5 N–H and O–H groups in total. The Bertz CT molecular complexity index is 1850. The molecule has 0 spiro atoms. The van der Waals surface area contributed by atoms with Crippen LogP contribution in [0, 0.1) is 18.8 Å². The summed E-state index contributed by atoms with van der Waals surface area (Å²) in [6.07, 6.45) is -3.31. The van der Waals surface area contributed by atoms with Crippen molar-refractivity contribution in [2.45, 2.75) is 110 Å². The van der Waals surface area contributed by atoms with Crippen LogP contribution in [0.5, 0.6) is 5.75 Å². The fourth-order valence-electron chi connectivity index (χ4n) is 6.49. The van der Waals surface area contributed by atoms with E-state index in [-0.39, 0.29) is 49.8 Å². The Kier molecular flexibility index (Phi) is 16.2. The lowest BCUT2D eigenvalue weighted by Gasteiger charge is -2.28. The highest BCUT2D eigenvalue weighted by Crippen LogP contribution is 2.22. The van der Waals surface area contributed by atoms with Gasteiger partial charge in [0.2, 0.25) is 23.6 Å². The van der Waals surface area contributed by atoms with Gasteiger partial charge >= 0.3 is 12.1 Å². The number of halogens is 3. The van der Waals surface area contributed by atoms with Crippen LogP contribution in [0.1, 0.15) is 75.8 Å². The lowest BCUT2D eigenvalue weighted by molar-refractivity contribution is -0.192. The van der Waals surface area contributed by atoms with E-state index < -0.39 is 48.2 Å². The molecule has 4 amide bonds. The Morgan fingerprint density at radius 2 is 1.66 bits per heavy atom. The summed E-state index contributed by atoms with van der Waals surface area (Å²) in [5.41, 5.74) is 1.63. The van der Waals surface area contributed by atoms with Crippen LogP contribution in [-0.2, 0) is 48.1 Å². The highest BCUT2D eigenvalue weighted by atomic mass is 19.4. The molecule has 3 aromatic rings. The predicted molar refractivity (Wildman–Crippen MR) is 204 cm³/mol. The van der Waals surface area contributed by atoms with Crippen LogP contribution in [0.15, 0.2) is 54.6 Å². The zero-order valence-corrected chi connectivity index (χ0v) is 33.2. The summed E-state index contributed by atoms with van der Waals surface area (Å²) in [7, 11) is 0. The minimum atomic E-state index is -5.08. The minimum absolute atomic E-state index is 0.102. The first-order valence-corrected chi connectivity index (χ1v) is 19.2. The second-order valence-corrected chi connectivity index (χ2v) is 15.1. The van der Waals surface area contributed by atoms with E-state index in [0.29, 0.717) is 42.8 Å². The number of benzene rings is 2. The number of aromatic nitrogens is 3. The van der Waals surface area contributed by atoms with Gasteiger partial charge in [0.15, 0.2) is 5.82 Å². The monoisotopic (exact) mass is 815 g/mol. The smallest absolute Gasteiger partial charge is 0.490 e. The molecule has 4 heterocycles. The molecular formula is C40H52F3N7O8. The first-order valence-electron chi connectivity index (χ1n) is 19.2. The van der Waals surface area contributed by atoms with Gasteiger partial charge in [-0.15, -0.1) is 0 Å².